The van der Waals surface area contributed by atoms with E-state index in [-0.39, 0.29) is 53.8 Å². The third-order valence-corrected chi connectivity index (χ3v) is 9.48. The van der Waals surface area contributed by atoms with Crippen LogP contribution in [0.1, 0.15) is 78.7 Å². The number of rotatable bonds is 11. The molecule has 254 valence electrons. The van der Waals surface area contributed by atoms with Gasteiger partial charge in [-0.1, -0.05) is 13.0 Å². The number of hydrogen-bond acceptors (Lipinski definition) is 7. The number of carboxylic acid groups (broad SMARTS) is 1. The summed E-state index contributed by atoms with van der Waals surface area (Å²) in [4.78, 5) is 55.7. The monoisotopic (exact) mass is 662 g/mol. The maximum atomic E-state index is 16.7. The van der Waals surface area contributed by atoms with Crippen LogP contribution in [-0.4, -0.2) is 55.8 Å². The van der Waals surface area contributed by atoms with Crippen LogP contribution < -0.4 is 27.3 Å². The molecule has 0 radical (unpaired) electrons. The molecular formula is C35H40F2N6O5. The van der Waals surface area contributed by atoms with E-state index in [1.165, 1.54) is 10.6 Å². The topological polar surface area (TPSA) is 141 Å². The molecular weight excluding hydrogens is 622 g/mol. The molecule has 1 aliphatic heterocycles. The first-order valence-corrected chi connectivity index (χ1v) is 16.4. The van der Waals surface area contributed by atoms with Crippen molar-refractivity contribution in [2.45, 2.75) is 77.5 Å². The second-order valence-corrected chi connectivity index (χ2v) is 12.9. The van der Waals surface area contributed by atoms with Gasteiger partial charge in [0.1, 0.15) is 17.2 Å². The normalized spacial score (nSPS) is 17.5. The molecule has 1 unspecified atom stereocenters. The van der Waals surface area contributed by atoms with Crippen molar-refractivity contribution in [2.24, 2.45) is 0 Å². The average molecular weight is 663 g/mol. The second-order valence-electron chi connectivity index (χ2n) is 12.9. The molecule has 3 heterocycles. The van der Waals surface area contributed by atoms with E-state index in [0.717, 1.165) is 40.1 Å². The Balaban J connectivity index is 1.31. The molecule has 0 spiro atoms. The van der Waals surface area contributed by atoms with E-state index in [2.05, 4.69) is 22.5 Å². The third kappa shape index (κ3) is 6.56. The molecule has 1 aliphatic carbocycles. The molecule has 2 aromatic heterocycles. The second kappa shape index (κ2) is 13.5. The fourth-order valence-electron chi connectivity index (χ4n) is 6.84. The van der Waals surface area contributed by atoms with Gasteiger partial charge in [-0.05, 0) is 75.3 Å². The van der Waals surface area contributed by atoms with Crippen molar-refractivity contribution in [2.75, 3.05) is 25.0 Å². The fraction of sp³-hybridized carbons (Fsp3) is 0.429. The highest BCUT2D eigenvalue weighted by atomic mass is 19.1. The number of nitrogens with zero attached hydrogens (tertiary/aromatic N) is 3. The summed E-state index contributed by atoms with van der Waals surface area (Å²) in [6.45, 7) is 7.65. The molecule has 4 N–H and O–H groups in total. The van der Waals surface area contributed by atoms with E-state index in [4.69, 9.17) is 0 Å². The largest absolute Gasteiger partial charge is 0.477 e. The first-order chi connectivity index (χ1) is 23.0. The van der Waals surface area contributed by atoms with Crippen LogP contribution in [0, 0.1) is 18.6 Å². The number of aryl methyl sites for hydroxylation is 2. The Morgan fingerprint density at radius 1 is 1.15 bits per heavy atom. The van der Waals surface area contributed by atoms with Crippen LogP contribution in [0.15, 0.2) is 50.9 Å². The first kappa shape index (κ1) is 33.3. The lowest BCUT2D eigenvalue weighted by Gasteiger charge is -2.38. The number of aromatic carboxylic acids is 1. The molecule has 6 rings (SSSR count). The van der Waals surface area contributed by atoms with Crippen molar-refractivity contribution in [1.82, 2.24) is 24.3 Å². The standard InChI is InChI=1S/C35H40F2N6O5/c1-4-21-14-22(8-7-19(21)2)39-28-16-29(44)42(35(48)40-28)12-5-6-27(41-13-11-38-20(3)17-41)30-26(36)15-24-32(31(30)37)43(23-9-10-23)18-25(33(24)45)34(46)47/h7-8,14-16,18,20,23,27,38-39H,4-6,9-13,17H2,1-3H3,(H,40,48)(H,46,47)/t20?,27-/m0/s1. The van der Waals surface area contributed by atoms with Crippen LogP contribution >= 0.6 is 0 Å². The number of nitrogens with one attached hydrogen (secondary N) is 3. The fourth-order valence-corrected chi connectivity index (χ4v) is 6.84. The van der Waals surface area contributed by atoms with Crippen molar-refractivity contribution >= 4 is 28.4 Å². The van der Waals surface area contributed by atoms with Crippen LogP contribution in [-0.2, 0) is 13.0 Å². The predicted octanol–water partition coefficient (Wildman–Crippen LogP) is 4.59. The SMILES string of the molecule is CCc1cc(Nc2cc(=O)n(CCC[C@@H](c3c(F)cc4c(=O)c(C(=O)O)cn(C5CC5)c4c3F)N3CCNC(C)C3)c(=O)[nH]2)ccc1C. The number of H-pyrrole nitrogens is 1. The molecule has 13 heteroatoms. The van der Waals surface area contributed by atoms with Gasteiger partial charge < -0.3 is 20.3 Å². The maximum absolute atomic E-state index is 16.7. The van der Waals surface area contributed by atoms with Gasteiger partial charge in [-0.15, -0.1) is 0 Å². The van der Waals surface area contributed by atoms with Crippen LogP contribution in [0.3, 0.4) is 0 Å². The van der Waals surface area contributed by atoms with E-state index < -0.39 is 45.9 Å². The van der Waals surface area contributed by atoms with Crippen molar-refractivity contribution in [3.63, 3.8) is 0 Å². The van der Waals surface area contributed by atoms with Crippen LogP contribution in [0.25, 0.3) is 10.9 Å². The highest BCUT2D eigenvalue weighted by Gasteiger charge is 2.34. The molecule has 0 amide bonds. The summed E-state index contributed by atoms with van der Waals surface area (Å²) in [5, 5.41) is 15.7. The Labute approximate surface area is 275 Å². The lowest BCUT2D eigenvalue weighted by molar-refractivity contribution is 0.0694. The minimum absolute atomic E-state index is 0.0165. The maximum Gasteiger partial charge on any atom is 0.341 e. The Bertz CT molecular complexity index is 2040. The Morgan fingerprint density at radius 3 is 2.58 bits per heavy atom. The first-order valence-electron chi connectivity index (χ1n) is 16.4. The number of carboxylic acids is 1. The molecule has 0 bridgehead atoms. The van der Waals surface area contributed by atoms with Gasteiger partial charge in [-0.25, -0.2) is 18.4 Å². The number of halogens is 2. The van der Waals surface area contributed by atoms with E-state index in [0.29, 0.717) is 32.5 Å². The average Bonchev–Trinajstić information content (AvgIpc) is 3.88. The summed E-state index contributed by atoms with van der Waals surface area (Å²) in [5.74, 6) is -3.03. The van der Waals surface area contributed by atoms with Crippen LogP contribution in [0.5, 0.6) is 0 Å². The van der Waals surface area contributed by atoms with E-state index >= 15 is 8.78 Å². The smallest absolute Gasteiger partial charge is 0.341 e. The number of aromatic nitrogens is 3. The van der Waals surface area contributed by atoms with Crippen molar-refractivity contribution < 1.29 is 18.7 Å². The van der Waals surface area contributed by atoms with Gasteiger partial charge in [0, 0.05) is 67.8 Å². The highest BCUT2D eigenvalue weighted by molar-refractivity contribution is 5.93. The Kier molecular flexibility index (Phi) is 9.35. The van der Waals surface area contributed by atoms with Gasteiger partial charge in [-0.2, -0.15) is 0 Å². The third-order valence-electron chi connectivity index (χ3n) is 9.48. The number of hydrogen-bond donors (Lipinski definition) is 4. The Hall–Kier alpha value is -4.62. The minimum Gasteiger partial charge on any atom is -0.477 e. The molecule has 2 aliphatic rings. The number of carbonyl (C=O) groups is 1. The van der Waals surface area contributed by atoms with Gasteiger partial charge in [0.25, 0.3) is 5.56 Å². The summed E-state index contributed by atoms with van der Waals surface area (Å²) in [6, 6.07) is 7.16. The summed E-state index contributed by atoms with van der Waals surface area (Å²) in [5.41, 5.74) is 0.131. The van der Waals surface area contributed by atoms with E-state index in [9.17, 15) is 24.3 Å². The molecule has 2 atom stereocenters. The van der Waals surface area contributed by atoms with Gasteiger partial charge in [0.2, 0.25) is 5.43 Å². The number of piperazine rings is 1. The molecule has 1 saturated heterocycles. The van der Waals surface area contributed by atoms with Crippen molar-refractivity contribution in [3.05, 3.63) is 101 Å². The van der Waals surface area contributed by atoms with Gasteiger partial charge in [0.05, 0.1) is 10.9 Å². The quantitative estimate of drug-likeness (QED) is 0.183. The molecule has 48 heavy (non-hydrogen) atoms. The zero-order valence-corrected chi connectivity index (χ0v) is 27.2. The molecule has 2 fully saturated rings. The zero-order valence-electron chi connectivity index (χ0n) is 27.2. The van der Waals surface area contributed by atoms with E-state index in [1.54, 1.807) is 0 Å². The highest BCUT2D eigenvalue weighted by Crippen LogP contribution is 2.40. The van der Waals surface area contributed by atoms with Crippen LogP contribution in [0.4, 0.5) is 20.3 Å². The summed E-state index contributed by atoms with van der Waals surface area (Å²) >= 11 is 0. The lowest BCUT2D eigenvalue weighted by Crippen LogP contribution is -2.50. The van der Waals surface area contributed by atoms with E-state index in [1.807, 2.05) is 36.9 Å². The van der Waals surface area contributed by atoms with Crippen molar-refractivity contribution in [3.8, 4) is 0 Å². The summed E-state index contributed by atoms with van der Waals surface area (Å²) in [6.07, 6.45) is 3.83. The summed E-state index contributed by atoms with van der Waals surface area (Å²) in [7, 11) is 0. The zero-order chi connectivity index (χ0) is 34.3. The molecule has 11 nitrogen and oxygen atoms in total. The summed E-state index contributed by atoms with van der Waals surface area (Å²) < 4.78 is 35.2. The lowest BCUT2D eigenvalue weighted by atomic mass is 9.95. The molecule has 4 aromatic rings. The van der Waals surface area contributed by atoms with Crippen LogP contribution in [0.2, 0.25) is 0 Å². The number of anilines is 2. The van der Waals surface area contributed by atoms with Gasteiger partial charge in [-0.3, -0.25) is 24.0 Å². The number of benzene rings is 2. The number of aromatic amines is 1. The molecule has 2 aromatic carbocycles. The minimum atomic E-state index is -1.45. The number of pyridine rings is 1. The van der Waals surface area contributed by atoms with Gasteiger partial charge in [0.15, 0.2) is 5.82 Å². The Morgan fingerprint density at radius 2 is 1.92 bits per heavy atom. The van der Waals surface area contributed by atoms with Crippen molar-refractivity contribution in [1.29, 1.82) is 0 Å². The number of fused-ring (bicyclic) bond motifs is 1. The molecule has 1 saturated carbocycles. The van der Waals surface area contributed by atoms with Gasteiger partial charge >= 0.3 is 11.7 Å². The predicted molar refractivity (Wildman–Crippen MR) is 180 cm³/mol.